The number of hydrogen-bond acceptors (Lipinski definition) is 11. The van der Waals surface area contributed by atoms with Crippen LogP contribution in [0.25, 0.3) is 0 Å². The van der Waals surface area contributed by atoms with Gasteiger partial charge in [-0.1, -0.05) is 40.5 Å². The molecule has 2 unspecified atom stereocenters. The summed E-state index contributed by atoms with van der Waals surface area (Å²) >= 11 is 0. The molecule has 2 aliphatic rings. The van der Waals surface area contributed by atoms with Crippen LogP contribution < -0.4 is 0 Å². The smallest absolute Gasteiger partial charge is 0.320 e. The third kappa shape index (κ3) is 17.0. The SMILES string of the molecule is CCC(C)[Si]1(C)O[Si](C)(C)O[Si](C)(C)O[Si](C)(C)O[Si](C)(C)O1.CCC(C)[Si]1(C)O[Si](C)(C)O[Si](C)(C)O[Si](C)(C)O[Si](C)(C)O[Si](C)(C)O1. The van der Waals surface area contributed by atoms with Gasteiger partial charge in [0.15, 0.2) is 0 Å². The molecule has 300 valence electrons. The molecule has 2 rings (SSSR count). The summed E-state index contributed by atoms with van der Waals surface area (Å²) in [6, 6.07) is 0. The largest absolute Gasteiger partial charge is 0.416 e. The quantitative estimate of drug-likeness (QED) is 0.252. The highest BCUT2D eigenvalue weighted by Crippen LogP contribution is 2.38. The average Bonchev–Trinajstić information content (AvgIpc) is 2.74. The maximum Gasteiger partial charge on any atom is 0.320 e. The minimum Gasteiger partial charge on any atom is -0.416 e. The summed E-state index contributed by atoms with van der Waals surface area (Å²) in [5.74, 6) is 0. The van der Waals surface area contributed by atoms with E-state index < -0.39 is 94.2 Å². The van der Waals surface area contributed by atoms with Gasteiger partial charge in [0.25, 0.3) is 0 Å². The first-order chi connectivity index (χ1) is 21.7. The van der Waals surface area contributed by atoms with Crippen LogP contribution in [0.4, 0.5) is 0 Å². The molecule has 2 atom stereocenters. The summed E-state index contributed by atoms with van der Waals surface area (Å²) in [5.41, 5.74) is 0.733. The Kier molecular flexibility index (Phi) is 16.8. The van der Waals surface area contributed by atoms with Gasteiger partial charge in [0.1, 0.15) is 0 Å². The highest BCUT2D eigenvalue weighted by atomic mass is 28.5. The molecular formula is C28H78O11Si11. The van der Waals surface area contributed by atoms with Crippen molar-refractivity contribution in [1.29, 1.82) is 0 Å². The first-order valence-electron chi connectivity index (χ1n) is 18.5. The van der Waals surface area contributed by atoms with Crippen LogP contribution in [0.3, 0.4) is 0 Å². The Morgan fingerprint density at radius 3 is 0.500 bits per heavy atom. The zero-order chi connectivity index (χ0) is 39.8. The Labute approximate surface area is 320 Å². The standard InChI is InChI=1S/C15H42O6Si6.C13H36O5Si5/c1-14-15(2)27(13)20-25(9,10)18-23(5,6)16-22(3,4)17-24(7,8)19-26(11,12)21-27;1-12-13(2)23(11)17-21(7,8)15-19(3,4)14-20(5,6)16-22(9,10)18-23/h15H,14H2,1-13H3;13H,12H2,1-11H3. The van der Waals surface area contributed by atoms with Gasteiger partial charge in [-0.25, -0.2) is 0 Å². The molecule has 2 fully saturated rings. The minimum atomic E-state index is -2.53. The van der Waals surface area contributed by atoms with E-state index in [4.69, 9.17) is 45.3 Å². The maximum absolute atomic E-state index is 6.79. The van der Waals surface area contributed by atoms with Crippen molar-refractivity contribution in [2.45, 2.75) is 183 Å². The second kappa shape index (κ2) is 16.8. The molecule has 0 aromatic rings. The predicted molar refractivity (Wildman–Crippen MR) is 232 cm³/mol. The van der Waals surface area contributed by atoms with Crippen molar-refractivity contribution >= 4 is 94.2 Å². The van der Waals surface area contributed by atoms with Crippen molar-refractivity contribution in [3.63, 3.8) is 0 Å². The first-order valence-corrected chi connectivity index (χ1v) is 48.6. The van der Waals surface area contributed by atoms with Gasteiger partial charge in [-0.15, -0.1) is 0 Å². The van der Waals surface area contributed by atoms with E-state index in [0.29, 0.717) is 11.1 Å². The van der Waals surface area contributed by atoms with Crippen molar-refractivity contribution in [3.8, 4) is 0 Å². The fourth-order valence-corrected chi connectivity index (χ4v) is 66.9. The summed E-state index contributed by atoms with van der Waals surface area (Å²) < 4.78 is 72.4. The van der Waals surface area contributed by atoms with E-state index in [0.717, 1.165) is 12.8 Å². The van der Waals surface area contributed by atoms with Crippen LogP contribution in [0, 0.1) is 0 Å². The third-order valence-corrected chi connectivity index (χ3v) is 54.5. The molecular weight excluding hydrogens is 821 g/mol. The molecule has 0 radical (unpaired) electrons. The average molecular weight is 900 g/mol. The molecule has 22 heteroatoms. The second-order valence-electron chi connectivity index (χ2n) is 18.4. The van der Waals surface area contributed by atoms with Crippen molar-refractivity contribution in [1.82, 2.24) is 0 Å². The van der Waals surface area contributed by atoms with Crippen molar-refractivity contribution in [2.75, 3.05) is 0 Å². The molecule has 2 saturated heterocycles. The van der Waals surface area contributed by atoms with Crippen molar-refractivity contribution in [3.05, 3.63) is 0 Å². The van der Waals surface area contributed by atoms with Crippen molar-refractivity contribution in [2.24, 2.45) is 0 Å². The van der Waals surface area contributed by atoms with Gasteiger partial charge >= 0.3 is 94.2 Å². The Morgan fingerprint density at radius 2 is 0.380 bits per heavy atom. The zero-order valence-electron chi connectivity index (χ0n) is 36.6. The summed E-state index contributed by atoms with van der Waals surface area (Å²) in [7, 11) is -26.4. The van der Waals surface area contributed by atoms with Gasteiger partial charge in [0.05, 0.1) is 0 Å². The van der Waals surface area contributed by atoms with Gasteiger partial charge in [0.2, 0.25) is 0 Å². The van der Waals surface area contributed by atoms with Crippen LogP contribution in [-0.2, 0) is 45.3 Å². The van der Waals surface area contributed by atoms with Crippen molar-refractivity contribution < 1.29 is 45.3 Å². The van der Waals surface area contributed by atoms with Crippen LogP contribution in [0.15, 0.2) is 0 Å². The molecule has 11 nitrogen and oxygen atoms in total. The molecule has 0 amide bonds. The van der Waals surface area contributed by atoms with Gasteiger partial charge in [-0.05, 0) is 142 Å². The number of rotatable bonds is 4. The Hall–Kier alpha value is 1.95. The van der Waals surface area contributed by atoms with Crippen LogP contribution in [-0.4, -0.2) is 94.2 Å². The highest BCUT2D eigenvalue weighted by molar-refractivity contribution is 6.95. The molecule has 0 aromatic carbocycles. The summed E-state index contributed by atoms with van der Waals surface area (Å²) in [6.45, 7) is 51.0. The van der Waals surface area contributed by atoms with Crippen LogP contribution in [0.2, 0.25) is 142 Å². The summed E-state index contributed by atoms with van der Waals surface area (Å²) in [4.78, 5) is 0. The molecule has 0 spiro atoms. The van der Waals surface area contributed by atoms with Gasteiger partial charge in [-0.3, -0.25) is 0 Å². The normalized spacial score (nSPS) is 30.5. The molecule has 2 aliphatic heterocycles. The topological polar surface area (TPSA) is 102 Å². The van der Waals surface area contributed by atoms with Gasteiger partial charge in [-0.2, -0.15) is 0 Å². The van der Waals surface area contributed by atoms with E-state index in [2.05, 4.69) is 159 Å². The van der Waals surface area contributed by atoms with E-state index in [1.54, 1.807) is 0 Å². The molecule has 50 heavy (non-hydrogen) atoms. The number of hydrogen-bond donors (Lipinski definition) is 0. The fraction of sp³-hybridized carbons (Fsp3) is 1.00. The zero-order valence-corrected chi connectivity index (χ0v) is 47.6. The lowest BCUT2D eigenvalue weighted by molar-refractivity contribution is 0.227. The van der Waals surface area contributed by atoms with Gasteiger partial charge < -0.3 is 45.3 Å². The third-order valence-electron chi connectivity index (χ3n) is 8.25. The molecule has 0 aromatic heterocycles. The fourth-order valence-electron chi connectivity index (χ4n) is 7.47. The molecule has 2 heterocycles. The molecule has 0 N–H and O–H groups in total. The van der Waals surface area contributed by atoms with E-state index in [1.807, 2.05) is 0 Å². The summed E-state index contributed by atoms with van der Waals surface area (Å²) in [5, 5.41) is 0. The maximum atomic E-state index is 6.79. The Balaban J connectivity index is 0.000000506. The van der Waals surface area contributed by atoms with Crippen LogP contribution in [0.5, 0.6) is 0 Å². The van der Waals surface area contributed by atoms with Crippen LogP contribution in [0.1, 0.15) is 40.5 Å². The summed E-state index contributed by atoms with van der Waals surface area (Å²) in [6.07, 6.45) is 2.04. The van der Waals surface area contributed by atoms with E-state index in [1.165, 1.54) is 0 Å². The molecule has 0 bridgehead atoms. The first kappa shape index (κ1) is 50.0. The van der Waals surface area contributed by atoms with Gasteiger partial charge in [0, 0.05) is 0 Å². The lowest BCUT2D eigenvalue weighted by Gasteiger charge is -2.48. The molecule has 0 saturated carbocycles. The van der Waals surface area contributed by atoms with Crippen LogP contribution >= 0.6 is 0 Å². The van der Waals surface area contributed by atoms with E-state index >= 15 is 0 Å². The lowest BCUT2D eigenvalue weighted by atomic mass is 10.4. The highest BCUT2D eigenvalue weighted by Gasteiger charge is 2.55. The minimum absolute atomic E-state index is 0.341. The van der Waals surface area contributed by atoms with E-state index in [-0.39, 0.29) is 0 Å². The predicted octanol–water partition coefficient (Wildman–Crippen LogP) is 10.2. The second-order valence-corrected chi connectivity index (χ2v) is 58.6. The lowest BCUT2D eigenvalue weighted by Crippen LogP contribution is -2.65. The Morgan fingerprint density at radius 1 is 0.260 bits per heavy atom. The van der Waals surface area contributed by atoms with E-state index in [9.17, 15) is 0 Å². The molecule has 0 aliphatic carbocycles. The monoisotopic (exact) mass is 898 g/mol. The Bertz CT molecular complexity index is 1060.